The van der Waals surface area contributed by atoms with Crippen molar-refractivity contribution in [1.29, 1.82) is 0 Å². The average Bonchev–Trinajstić information content (AvgIpc) is 1.00. The van der Waals surface area contributed by atoms with Crippen LogP contribution in [0.25, 0.3) is 0 Å². The fraction of sp³-hybridized carbons (Fsp3) is 0. The topological polar surface area (TPSA) is 47.1 Å². The second kappa shape index (κ2) is 32.6. The summed E-state index contributed by atoms with van der Waals surface area (Å²) in [5, 5.41) is 0. The van der Waals surface area contributed by atoms with Gasteiger partial charge in [-0.3, -0.25) is 0 Å². The van der Waals surface area contributed by atoms with Crippen molar-refractivity contribution in [1.82, 2.24) is 0 Å². The molecule has 19 valence electrons. The second-order valence-corrected chi connectivity index (χ2v) is 0. The first-order valence-corrected chi connectivity index (χ1v) is 1.08. The molecular weight excluding hydrogens is 132 g/mol. The SMILES string of the molecule is [Li+].[OH-].[O]=[Nb]. The molecule has 0 aromatic rings. The van der Waals surface area contributed by atoms with Crippen LogP contribution in [0.3, 0.4) is 0 Å². The zero-order valence-corrected chi connectivity index (χ0v) is 4.50. The van der Waals surface area contributed by atoms with Gasteiger partial charge in [0.1, 0.15) is 0 Å². The van der Waals surface area contributed by atoms with Gasteiger partial charge in [0.25, 0.3) is 0 Å². The van der Waals surface area contributed by atoms with Gasteiger partial charge in [0.05, 0.1) is 0 Å². The molecule has 2 nitrogen and oxygen atoms in total. The van der Waals surface area contributed by atoms with Crippen LogP contribution in [-0.2, 0) is 24.3 Å². The summed E-state index contributed by atoms with van der Waals surface area (Å²) in [6.07, 6.45) is 0. The Kier molecular flexibility index (Phi) is 159. The quantitative estimate of drug-likeness (QED) is 0.325. The normalized spacial score (nSPS) is 0.750. The third kappa shape index (κ3) is 11.3. The summed E-state index contributed by atoms with van der Waals surface area (Å²) in [6.45, 7) is 0. The van der Waals surface area contributed by atoms with E-state index in [2.05, 4.69) is 0 Å². The molecule has 0 bridgehead atoms. The maximum absolute atomic E-state index is 8.30. The van der Waals surface area contributed by atoms with Crippen molar-refractivity contribution < 1.29 is 48.6 Å². The molecule has 0 spiro atoms. The van der Waals surface area contributed by atoms with Gasteiger partial charge in [-0.15, -0.1) is 0 Å². The number of rotatable bonds is 0. The van der Waals surface area contributed by atoms with E-state index in [0.717, 1.165) is 0 Å². The van der Waals surface area contributed by atoms with E-state index in [1.807, 2.05) is 0 Å². The van der Waals surface area contributed by atoms with Crippen LogP contribution in [0.2, 0.25) is 0 Å². The third-order valence-electron chi connectivity index (χ3n) is 0. The van der Waals surface area contributed by atoms with E-state index in [1.165, 1.54) is 0 Å². The van der Waals surface area contributed by atoms with Gasteiger partial charge in [-0.2, -0.15) is 0 Å². The van der Waals surface area contributed by atoms with E-state index < -0.39 is 0 Å². The van der Waals surface area contributed by atoms with E-state index >= 15 is 0 Å². The predicted octanol–water partition coefficient (Wildman–Crippen LogP) is -3.29. The van der Waals surface area contributed by atoms with Crippen molar-refractivity contribution in [3.05, 3.63) is 0 Å². The van der Waals surface area contributed by atoms with Crippen molar-refractivity contribution in [2.45, 2.75) is 0 Å². The van der Waals surface area contributed by atoms with Gasteiger partial charge in [0.15, 0.2) is 0 Å². The van der Waals surface area contributed by atoms with Gasteiger partial charge in [-0.05, 0) is 0 Å². The Morgan fingerprint density at radius 1 is 1.25 bits per heavy atom. The molecule has 0 aliphatic rings. The van der Waals surface area contributed by atoms with E-state index in [1.54, 1.807) is 0 Å². The molecular formula is HLiNbO2. The zero-order valence-electron chi connectivity index (χ0n) is 2.30. The van der Waals surface area contributed by atoms with Crippen LogP contribution in [0, 0.1) is 0 Å². The van der Waals surface area contributed by atoms with Crippen LogP contribution in [0.5, 0.6) is 0 Å². The first kappa shape index (κ1) is 19.5. The molecule has 1 N–H and O–H groups in total. The van der Waals surface area contributed by atoms with Crippen LogP contribution in [0.15, 0.2) is 0 Å². The van der Waals surface area contributed by atoms with Crippen LogP contribution in [-0.4, -0.2) is 5.48 Å². The molecule has 0 saturated carbocycles. The van der Waals surface area contributed by atoms with Crippen LogP contribution in [0.4, 0.5) is 0 Å². The number of hydrogen-bond donors (Lipinski definition) is 0. The van der Waals surface area contributed by atoms with Crippen molar-refractivity contribution >= 4 is 0 Å². The molecule has 0 rings (SSSR count). The molecule has 4 heavy (non-hydrogen) atoms. The summed E-state index contributed by atoms with van der Waals surface area (Å²) >= 11 is 0.500. The second-order valence-electron chi connectivity index (χ2n) is 0. The molecule has 0 saturated heterocycles. The first-order valence-electron chi connectivity index (χ1n) is 0.183. The van der Waals surface area contributed by atoms with Crippen molar-refractivity contribution in [2.75, 3.05) is 0 Å². The Balaban J connectivity index is -0.00000000500. The molecule has 0 atom stereocenters. The molecule has 0 aromatic heterocycles. The van der Waals surface area contributed by atoms with Crippen LogP contribution < -0.4 is 18.9 Å². The average molecular weight is 133 g/mol. The molecule has 4 heteroatoms. The Bertz CT molecular complexity index is 6.00. The molecule has 0 fully saturated rings. The summed E-state index contributed by atoms with van der Waals surface area (Å²) < 4.78 is 8.30. The Morgan fingerprint density at radius 3 is 1.25 bits per heavy atom. The fourth-order valence-corrected chi connectivity index (χ4v) is 0. The van der Waals surface area contributed by atoms with Gasteiger partial charge >= 0.3 is 43.2 Å². The van der Waals surface area contributed by atoms with Crippen molar-refractivity contribution in [2.24, 2.45) is 0 Å². The summed E-state index contributed by atoms with van der Waals surface area (Å²) in [6, 6.07) is 0. The zero-order chi connectivity index (χ0) is 2.00. The van der Waals surface area contributed by atoms with E-state index in [4.69, 9.17) is 3.25 Å². The van der Waals surface area contributed by atoms with Gasteiger partial charge in [0, 0.05) is 0 Å². The molecule has 0 aliphatic heterocycles. The Hall–Kier alpha value is 1.10. The van der Waals surface area contributed by atoms with Crippen LogP contribution >= 0.6 is 0 Å². The first-order chi connectivity index (χ1) is 1.00. The molecule has 0 amide bonds. The summed E-state index contributed by atoms with van der Waals surface area (Å²) in [4.78, 5) is 0. The summed E-state index contributed by atoms with van der Waals surface area (Å²) in [5.41, 5.74) is 0. The number of hydrogen-bond acceptors (Lipinski definition) is 2. The minimum absolute atomic E-state index is 0. The third-order valence-corrected chi connectivity index (χ3v) is 0. The molecule has 0 heterocycles. The Labute approximate surface area is 48.7 Å². The van der Waals surface area contributed by atoms with E-state index in [9.17, 15) is 0 Å². The van der Waals surface area contributed by atoms with Gasteiger partial charge in [0.2, 0.25) is 0 Å². The summed E-state index contributed by atoms with van der Waals surface area (Å²) in [5.74, 6) is 0. The van der Waals surface area contributed by atoms with Crippen molar-refractivity contribution in [3.63, 3.8) is 0 Å². The van der Waals surface area contributed by atoms with Crippen molar-refractivity contribution in [3.8, 4) is 0 Å². The minimum atomic E-state index is 0. The molecule has 0 unspecified atom stereocenters. The predicted molar refractivity (Wildman–Crippen MR) is 2.62 cm³/mol. The van der Waals surface area contributed by atoms with Gasteiger partial charge < -0.3 is 5.48 Å². The fourth-order valence-electron chi connectivity index (χ4n) is 0. The molecule has 0 aromatic carbocycles. The van der Waals surface area contributed by atoms with Gasteiger partial charge in [-0.1, -0.05) is 0 Å². The van der Waals surface area contributed by atoms with Crippen LogP contribution in [0.1, 0.15) is 0 Å². The monoisotopic (exact) mass is 133 g/mol. The Morgan fingerprint density at radius 2 is 1.25 bits per heavy atom. The van der Waals surface area contributed by atoms with E-state index in [-0.39, 0.29) is 24.3 Å². The summed E-state index contributed by atoms with van der Waals surface area (Å²) in [7, 11) is 0. The van der Waals surface area contributed by atoms with E-state index in [0.29, 0.717) is 21.0 Å². The van der Waals surface area contributed by atoms with Gasteiger partial charge in [-0.25, -0.2) is 0 Å². The maximum atomic E-state index is 8.30. The molecule has 0 radical (unpaired) electrons. The standard InChI is InChI=1S/Li.Nb.H2O.O/h;;1H2;/q+1;;;/p-1. The molecule has 0 aliphatic carbocycles.